The van der Waals surface area contributed by atoms with Crippen LogP contribution in [0.15, 0.2) is 0 Å². The van der Waals surface area contributed by atoms with E-state index >= 15 is 0 Å². The fourth-order valence-corrected chi connectivity index (χ4v) is 2.00. The Labute approximate surface area is 111 Å². The van der Waals surface area contributed by atoms with Gasteiger partial charge in [0, 0.05) is 26.2 Å². The molecule has 0 radical (unpaired) electrons. The predicted octanol–water partition coefficient (Wildman–Crippen LogP) is 1.17. The summed E-state index contributed by atoms with van der Waals surface area (Å²) in [5.74, 6) is 0. The molecule has 0 saturated carbocycles. The smallest absolute Gasteiger partial charge is 0.169 e. The predicted molar refractivity (Wildman–Crippen MR) is 77.5 cm³/mol. The molecule has 0 spiro atoms. The van der Waals surface area contributed by atoms with Gasteiger partial charge < -0.3 is 19.9 Å². The molecule has 0 saturated heterocycles. The van der Waals surface area contributed by atoms with Crippen LogP contribution in [0.25, 0.3) is 0 Å². The summed E-state index contributed by atoms with van der Waals surface area (Å²) in [5.41, 5.74) is 0. The van der Waals surface area contributed by atoms with Crippen LogP contribution in [0.1, 0.15) is 20.3 Å². The first-order chi connectivity index (χ1) is 8.01. The summed E-state index contributed by atoms with van der Waals surface area (Å²) in [6.45, 7) is 7.91. The first kappa shape index (κ1) is 16.6. The average molecular weight is 261 g/mol. The standard InChI is InChI=1S/C12H27N3OS/c1-6-15(9-7-8-14(3)4)12(17)13-11(2)10-16-5/h11H,6-10H2,1-5H3,(H,13,17). The summed E-state index contributed by atoms with van der Waals surface area (Å²) in [7, 11) is 5.89. The van der Waals surface area contributed by atoms with Gasteiger partial charge in [-0.3, -0.25) is 0 Å². The maximum absolute atomic E-state index is 5.39. The molecule has 4 nitrogen and oxygen atoms in total. The van der Waals surface area contributed by atoms with E-state index < -0.39 is 0 Å². The minimum atomic E-state index is 0.260. The van der Waals surface area contributed by atoms with Gasteiger partial charge in [-0.15, -0.1) is 0 Å². The molecule has 0 amide bonds. The Bertz CT molecular complexity index is 212. The number of nitrogens with one attached hydrogen (secondary N) is 1. The lowest BCUT2D eigenvalue weighted by Crippen LogP contribution is -2.45. The van der Waals surface area contributed by atoms with E-state index in [1.165, 1.54) is 0 Å². The van der Waals surface area contributed by atoms with Gasteiger partial charge in [-0.25, -0.2) is 0 Å². The Morgan fingerprint density at radius 3 is 2.47 bits per heavy atom. The number of methoxy groups -OCH3 is 1. The van der Waals surface area contributed by atoms with E-state index in [1.807, 2.05) is 0 Å². The molecule has 0 aromatic heterocycles. The zero-order valence-electron chi connectivity index (χ0n) is 11.8. The third kappa shape index (κ3) is 8.35. The fraction of sp³-hybridized carbons (Fsp3) is 0.917. The van der Waals surface area contributed by atoms with Crippen molar-refractivity contribution in [3.63, 3.8) is 0 Å². The maximum atomic E-state index is 5.39. The molecule has 0 heterocycles. The minimum Gasteiger partial charge on any atom is -0.383 e. The van der Waals surface area contributed by atoms with Crippen LogP contribution in [-0.4, -0.2) is 68.4 Å². The van der Waals surface area contributed by atoms with E-state index in [0.29, 0.717) is 6.61 Å². The number of ether oxygens (including phenoxy) is 1. The lowest BCUT2D eigenvalue weighted by molar-refractivity contribution is 0.178. The van der Waals surface area contributed by atoms with E-state index in [1.54, 1.807) is 7.11 Å². The van der Waals surface area contributed by atoms with Gasteiger partial charge in [0.25, 0.3) is 0 Å². The quantitative estimate of drug-likeness (QED) is 0.662. The van der Waals surface area contributed by atoms with Crippen LogP contribution in [-0.2, 0) is 4.74 Å². The van der Waals surface area contributed by atoms with Crippen LogP contribution in [0.5, 0.6) is 0 Å². The van der Waals surface area contributed by atoms with Crippen LogP contribution in [0.4, 0.5) is 0 Å². The Morgan fingerprint density at radius 1 is 1.35 bits per heavy atom. The first-order valence-corrected chi connectivity index (χ1v) is 6.61. The Morgan fingerprint density at radius 2 is 2.00 bits per heavy atom. The third-order valence-electron chi connectivity index (χ3n) is 2.49. The maximum Gasteiger partial charge on any atom is 0.169 e. The van der Waals surface area contributed by atoms with Crippen molar-refractivity contribution in [3.05, 3.63) is 0 Å². The lowest BCUT2D eigenvalue weighted by Gasteiger charge is -2.27. The van der Waals surface area contributed by atoms with Gasteiger partial charge in [-0.05, 0) is 53.1 Å². The van der Waals surface area contributed by atoms with E-state index in [9.17, 15) is 0 Å². The van der Waals surface area contributed by atoms with Crippen LogP contribution < -0.4 is 5.32 Å². The molecular formula is C12H27N3OS. The van der Waals surface area contributed by atoms with Crippen LogP contribution in [0.2, 0.25) is 0 Å². The van der Waals surface area contributed by atoms with Crippen molar-refractivity contribution in [2.45, 2.75) is 26.3 Å². The van der Waals surface area contributed by atoms with Crippen molar-refractivity contribution in [1.82, 2.24) is 15.1 Å². The zero-order valence-corrected chi connectivity index (χ0v) is 12.6. The fourth-order valence-electron chi connectivity index (χ4n) is 1.57. The van der Waals surface area contributed by atoms with E-state index in [2.05, 4.69) is 43.1 Å². The SMILES string of the molecule is CCN(CCCN(C)C)C(=S)NC(C)COC. The second-order valence-electron chi connectivity index (χ2n) is 4.54. The molecule has 0 fully saturated rings. The molecule has 0 aromatic rings. The van der Waals surface area contributed by atoms with Gasteiger partial charge in [0.1, 0.15) is 0 Å². The summed E-state index contributed by atoms with van der Waals surface area (Å²) in [6.07, 6.45) is 1.13. The molecule has 0 rings (SSSR count). The van der Waals surface area contributed by atoms with Gasteiger partial charge in [-0.2, -0.15) is 0 Å². The highest BCUT2D eigenvalue weighted by Gasteiger charge is 2.10. The summed E-state index contributed by atoms with van der Waals surface area (Å²) in [4.78, 5) is 4.39. The Hall–Kier alpha value is -0.390. The largest absolute Gasteiger partial charge is 0.383 e. The number of nitrogens with zero attached hydrogens (tertiary/aromatic N) is 2. The van der Waals surface area contributed by atoms with Crippen molar-refractivity contribution in [2.75, 3.05) is 47.4 Å². The van der Waals surface area contributed by atoms with Crippen LogP contribution in [0, 0.1) is 0 Å². The normalized spacial score (nSPS) is 12.6. The van der Waals surface area contributed by atoms with Crippen molar-refractivity contribution in [1.29, 1.82) is 0 Å². The molecule has 17 heavy (non-hydrogen) atoms. The molecule has 0 aliphatic heterocycles. The van der Waals surface area contributed by atoms with E-state index in [-0.39, 0.29) is 6.04 Å². The summed E-state index contributed by atoms with van der Waals surface area (Å²) >= 11 is 5.39. The molecule has 102 valence electrons. The highest BCUT2D eigenvalue weighted by molar-refractivity contribution is 7.80. The molecule has 5 heteroatoms. The number of thiocarbonyl (C=S) groups is 1. The van der Waals surface area contributed by atoms with E-state index in [4.69, 9.17) is 17.0 Å². The van der Waals surface area contributed by atoms with Gasteiger partial charge in [-0.1, -0.05) is 0 Å². The topological polar surface area (TPSA) is 27.7 Å². The van der Waals surface area contributed by atoms with Gasteiger partial charge in [0.05, 0.1) is 6.61 Å². The molecule has 1 atom stereocenters. The molecule has 0 aliphatic carbocycles. The zero-order chi connectivity index (χ0) is 13.3. The van der Waals surface area contributed by atoms with Crippen LogP contribution in [0.3, 0.4) is 0 Å². The van der Waals surface area contributed by atoms with Crippen LogP contribution >= 0.6 is 12.2 Å². The summed E-state index contributed by atoms with van der Waals surface area (Å²) < 4.78 is 5.08. The Balaban J connectivity index is 3.94. The van der Waals surface area contributed by atoms with Crippen molar-refractivity contribution < 1.29 is 4.74 Å². The number of hydrogen-bond donors (Lipinski definition) is 1. The summed E-state index contributed by atoms with van der Waals surface area (Å²) in [5, 5.41) is 4.12. The average Bonchev–Trinajstić information content (AvgIpc) is 2.24. The second kappa shape index (κ2) is 9.62. The van der Waals surface area contributed by atoms with Gasteiger partial charge in [0.15, 0.2) is 5.11 Å². The first-order valence-electron chi connectivity index (χ1n) is 6.20. The molecule has 0 aliphatic rings. The van der Waals surface area contributed by atoms with Crippen molar-refractivity contribution in [3.8, 4) is 0 Å². The third-order valence-corrected chi connectivity index (χ3v) is 2.86. The number of rotatable bonds is 8. The molecule has 0 aromatic carbocycles. The lowest BCUT2D eigenvalue weighted by atomic mass is 10.3. The molecule has 1 unspecified atom stereocenters. The summed E-state index contributed by atoms with van der Waals surface area (Å²) in [6, 6.07) is 0.260. The van der Waals surface area contributed by atoms with Crippen molar-refractivity contribution >= 4 is 17.3 Å². The second-order valence-corrected chi connectivity index (χ2v) is 4.93. The molecular weight excluding hydrogens is 234 g/mol. The van der Waals surface area contributed by atoms with Crippen molar-refractivity contribution in [2.24, 2.45) is 0 Å². The minimum absolute atomic E-state index is 0.260. The van der Waals surface area contributed by atoms with Gasteiger partial charge in [0.2, 0.25) is 0 Å². The number of hydrogen-bond acceptors (Lipinski definition) is 3. The van der Waals surface area contributed by atoms with E-state index in [0.717, 1.165) is 31.2 Å². The Kier molecular flexibility index (Phi) is 9.40. The molecule has 1 N–H and O–H groups in total. The molecule has 0 bridgehead atoms. The monoisotopic (exact) mass is 261 g/mol. The highest BCUT2D eigenvalue weighted by Crippen LogP contribution is 1.96. The highest BCUT2D eigenvalue weighted by atomic mass is 32.1. The van der Waals surface area contributed by atoms with Gasteiger partial charge >= 0.3 is 0 Å².